The molecular weight excluding hydrogens is 364 g/mol. The first-order valence-electron chi connectivity index (χ1n) is 8.27. The molecule has 7 nitrogen and oxygen atoms in total. The predicted octanol–water partition coefficient (Wildman–Crippen LogP) is 2.48. The van der Waals surface area contributed by atoms with E-state index >= 15 is 0 Å². The van der Waals surface area contributed by atoms with Crippen LogP contribution in [0.15, 0.2) is 61.2 Å². The fourth-order valence-corrected chi connectivity index (χ4v) is 3.40. The number of carbonyl (C=O) groups is 1. The summed E-state index contributed by atoms with van der Waals surface area (Å²) < 4.78 is 27.3. The van der Waals surface area contributed by atoms with Crippen molar-refractivity contribution in [2.75, 3.05) is 11.0 Å². The minimum atomic E-state index is -3.42. The van der Waals surface area contributed by atoms with Gasteiger partial charge in [-0.1, -0.05) is 24.3 Å². The lowest BCUT2D eigenvalue weighted by Crippen LogP contribution is -2.24. The van der Waals surface area contributed by atoms with E-state index in [0.29, 0.717) is 23.4 Å². The van der Waals surface area contributed by atoms with E-state index in [4.69, 9.17) is 0 Å². The molecule has 0 saturated heterocycles. The fourth-order valence-electron chi connectivity index (χ4n) is 2.78. The molecule has 0 saturated carbocycles. The molecule has 3 aromatic rings. The maximum absolute atomic E-state index is 12.6. The molecule has 27 heavy (non-hydrogen) atoms. The van der Waals surface area contributed by atoms with Crippen LogP contribution in [0.2, 0.25) is 0 Å². The highest BCUT2D eigenvalue weighted by Gasteiger charge is 2.14. The number of hydrogen-bond donors (Lipinski definition) is 2. The Labute approximate surface area is 158 Å². The summed E-state index contributed by atoms with van der Waals surface area (Å²) in [7, 11) is -3.42. The molecule has 0 radical (unpaired) electrons. The van der Waals surface area contributed by atoms with Gasteiger partial charge in [0.2, 0.25) is 10.0 Å². The van der Waals surface area contributed by atoms with E-state index in [1.54, 1.807) is 37.6 Å². The Morgan fingerprint density at radius 2 is 1.93 bits per heavy atom. The maximum atomic E-state index is 12.6. The number of carbonyl (C=O) groups excluding carboxylic acids is 1. The minimum Gasteiger partial charge on any atom is -0.348 e. The SMILES string of the molecule is Cc1c(NS(C)(=O)=O)cccc1C(=O)NCc1ccccc1-n1ccnc1. The van der Waals surface area contributed by atoms with Crippen LogP contribution in [0.4, 0.5) is 5.69 Å². The molecule has 1 heterocycles. The number of aromatic nitrogens is 2. The molecule has 0 aliphatic rings. The number of sulfonamides is 1. The van der Waals surface area contributed by atoms with Crippen LogP contribution in [-0.2, 0) is 16.6 Å². The van der Waals surface area contributed by atoms with Crippen LogP contribution in [-0.4, -0.2) is 30.1 Å². The summed E-state index contributed by atoms with van der Waals surface area (Å²) in [6, 6.07) is 12.7. The molecule has 0 aliphatic heterocycles. The van der Waals surface area contributed by atoms with Gasteiger partial charge in [-0.25, -0.2) is 13.4 Å². The normalized spacial score (nSPS) is 11.2. The van der Waals surface area contributed by atoms with Crippen molar-refractivity contribution in [1.29, 1.82) is 0 Å². The quantitative estimate of drug-likeness (QED) is 0.683. The summed E-state index contributed by atoms with van der Waals surface area (Å²) >= 11 is 0. The van der Waals surface area contributed by atoms with Gasteiger partial charge in [-0.15, -0.1) is 0 Å². The smallest absolute Gasteiger partial charge is 0.251 e. The van der Waals surface area contributed by atoms with Crippen molar-refractivity contribution in [1.82, 2.24) is 14.9 Å². The van der Waals surface area contributed by atoms with Crippen LogP contribution in [0, 0.1) is 6.92 Å². The zero-order chi connectivity index (χ0) is 19.4. The summed E-state index contributed by atoms with van der Waals surface area (Å²) in [5.74, 6) is -0.273. The Bertz CT molecular complexity index is 1060. The molecule has 0 atom stereocenters. The number of amides is 1. The Morgan fingerprint density at radius 1 is 1.15 bits per heavy atom. The van der Waals surface area contributed by atoms with Gasteiger partial charge in [0, 0.05) is 24.5 Å². The van der Waals surface area contributed by atoms with Crippen molar-refractivity contribution in [3.05, 3.63) is 77.9 Å². The van der Waals surface area contributed by atoms with Crippen molar-refractivity contribution in [3.63, 3.8) is 0 Å². The van der Waals surface area contributed by atoms with Crippen LogP contribution in [0.1, 0.15) is 21.5 Å². The second-order valence-electron chi connectivity index (χ2n) is 6.13. The molecule has 2 aromatic carbocycles. The van der Waals surface area contributed by atoms with Gasteiger partial charge in [0.1, 0.15) is 0 Å². The number of benzene rings is 2. The molecule has 8 heteroatoms. The zero-order valence-corrected chi connectivity index (χ0v) is 15.8. The molecule has 1 amide bonds. The highest BCUT2D eigenvalue weighted by molar-refractivity contribution is 7.92. The van der Waals surface area contributed by atoms with E-state index in [2.05, 4.69) is 15.0 Å². The van der Waals surface area contributed by atoms with Crippen LogP contribution < -0.4 is 10.0 Å². The second kappa shape index (κ2) is 7.63. The molecule has 0 bridgehead atoms. The Hall–Kier alpha value is -3.13. The molecule has 140 valence electrons. The molecule has 2 N–H and O–H groups in total. The average Bonchev–Trinajstić information content (AvgIpc) is 3.15. The van der Waals surface area contributed by atoms with Crippen LogP contribution in [0.25, 0.3) is 5.69 Å². The number of anilines is 1. The van der Waals surface area contributed by atoms with Gasteiger partial charge in [-0.2, -0.15) is 0 Å². The molecular formula is C19H20N4O3S. The monoisotopic (exact) mass is 384 g/mol. The van der Waals surface area contributed by atoms with Crippen LogP contribution in [0.5, 0.6) is 0 Å². The topological polar surface area (TPSA) is 93.1 Å². The van der Waals surface area contributed by atoms with Gasteiger partial charge >= 0.3 is 0 Å². The van der Waals surface area contributed by atoms with E-state index in [9.17, 15) is 13.2 Å². The lowest BCUT2D eigenvalue weighted by atomic mass is 10.1. The number of imidazole rings is 1. The first-order chi connectivity index (χ1) is 12.8. The largest absolute Gasteiger partial charge is 0.348 e. The number of para-hydroxylation sites is 1. The van der Waals surface area contributed by atoms with Gasteiger partial charge < -0.3 is 9.88 Å². The van der Waals surface area contributed by atoms with E-state index in [-0.39, 0.29) is 5.91 Å². The van der Waals surface area contributed by atoms with Crippen molar-refractivity contribution in [3.8, 4) is 5.69 Å². The second-order valence-corrected chi connectivity index (χ2v) is 7.88. The van der Waals surface area contributed by atoms with Crippen molar-refractivity contribution >= 4 is 21.6 Å². The highest BCUT2D eigenvalue weighted by Crippen LogP contribution is 2.20. The third-order valence-electron chi connectivity index (χ3n) is 4.09. The lowest BCUT2D eigenvalue weighted by molar-refractivity contribution is 0.0950. The van der Waals surface area contributed by atoms with Gasteiger partial charge in [0.25, 0.3) is 5.91 Å². The Balaban J connectivity index is 1.79. The molecule has 0 fully saturated rings. The van der Waals surface area contributed by atoms with Crippen LogP contribution in [0.3, 0.4) is 0 Å². The van der Waals surface area contributed by atoms with E-state index in [0.717, 1.165) is 17.5 Å². The Kier molecular flexibility index (Phi) is 5.27. The highest BCUT2D eigenvalue weighted by atomic mass is 32.2. The summed E-state index contributed by atoms with van der Waals surface area (Å²) in [5, 5.41) is 2.90. The van der Waals surface area contributed by atoms with Crippen molar-refractivity contribution in [2.24, 2.45) is 0 Å². The third kappa shape index (κ3) is 4.53. The molecule has 1 aromatic heterocycles. The van der Waals surface area contributed by atoms with Gasteiger partial charge in [-0.3, -0.25) is 9.52 Å². The maximum Gasteiger partial charge on any atom is 0.251 e. The number of hydrogen-bond acceptors (Lipinski definition) is 4. The van der Waals surface area contributed by atoms with Gasteiger partial charge in [0.05, 0.1) is 24.0 Å². The van der Waals surface area contributed by atoms with E-state index < -0.39 is 10.0 Å². The molecule has 0 unspecified atom stereocenters. The van der Waals surface area contributed by atoms with Gasteiger partial charge in [0.15, 0.2) is 0 Å². The first kappa shape index (κ1) is 18.7. The Morgan fingerprint density at radius 3 is 2.63 bits per heavy atom. The summed E-state index contributed by atoms with van der Waals surface area (Å²) in [4.78, 5) is 16.7. The van der Waals surface area contributed by atoms with Crippen molar-refractivity contribution < 1.29 is 13.2 Å². The summed E-state index contributed by atoms with van der Waals surface area (Å²) in [5.41, 5.74) is 3.25. The number of nitrogens with zero attached hydrogens (tertiary/aromatic N) is 2. The summed E-state index contributed by atoms with van der Waals surface area (Å²) in [6.07, 6.45) is 6.31. The summed E-state index contributed by atoms with van der Waals surface area (Å²) in [6.45, 7) is 2.04. The molecule has 3 rings (SSSR count). The standard InChI is InChI=1S/C19H20N4O3S/c1-14-16(7-5-8-17(14)22-27(2,25)26)19(24)21-12-15-6-3-4-9-18(15)23-11-10-20-13-23/h3-11,13,22H,12H2,1-2H3,(H,21,24). The average molecular weight is 384 g/mol. The van der Waals surface area contributed by atoms with Gasteiger partial charge in [-0.05, 0) is 36.2 Å². The number of rotatable bonds is 6. The van der Waals surface area contributed by atoms with E-state index in [1.165, 1.54) is 0 Å². The fraction of sp³-hybridized carbons (Fsp3) is 0.158. The van der Waals surface area contributed by atoms with Crippen molar-refractivity contribution in [2.45, 2.75) is 13.5 Å². The van der Waals surface area contributed by atoms with Crippen LogP contribution >= 0.6 is 0 Å². The molecule has 0 aliphatic carbocycles. The first-order valence-corrected chi connectivity index (χ1v) is 10.2. The van der Waals surface area contributed by atoms with E-state index in [1.807, 2.05) is 35.0 Å². The zero-order valence-electron chi connectivity index (χ0n) is 15.0. The number of nitrogens with one attached hydrogen (secondary N) is 2. The predicted molar refractivity (Wildman–Crippen MR) is 104 cm³/mol. The third-order valence-corrected chi connectivity index (χ3v) is 4.68. The minimum absolute atomic E-state index is 0.273. The molecule has 0 spiro atoms. The lowest BCUT2D eigenvalue weighted by Gasteiger charge is -2.14.